The summed E-state index contributed by atoms with van der Waals surface area (Å²) in [6.45, 7) is 0. The van der Waals surface area contributed by atoms with Crippen LogP contribution >= 0.6 is 50.5 Å². The number of aromatic nitrogens is 2. The van der Waals surface area contributed by atoms with Gasteiger partial charge in [-0.15, -0.1) is 11.3 Å². The molecule has 3 rings (SSSR count). The van der Waals surface area contributed by atoms with Crippen LogP contribution in [0.25, 0.3) is 21.6 Å². The molecule has 7 heteroatoms. The van der Waals surface area contributed by atoms with Gasteiger partial charge in [-0.25, -0.2) is 14.4 Å². The summed E-state index contributed by atoms with van der Waals surface area (Å²) in [5, 5.41) is 0.881. The van der Waals surface area contributed by atoms with E-state index >= 15 is 0 Å². The van der Waals surface area contributed by atoms with Crippen LogP contribution in [-0.4, -0.2) is 9.97 Å². The molecular weight excluding hydrogens is 374 g/mol. The highest BCUT2D eigenvalue weighted by Crippen LogP contribution is 2.32. The van der Waals surface area contributed by atoms with E-state index in [-0.39, 0.29) is 5.15 Å². The Balaban J connectivity index is 2.27. The van der Waals surface area contributed by atoms with Gasteiger partial charge in [0.2, 0.25) is 0 Å². The lowest BCUT2D eigenvalue weighted by Gasteiger charge is -2.04. The van der Waals surface area contributed by atoms with Gasteiger partial charge in [0.15, 0.2) is 5.82 Å². The second-order valence-corrected chi connectivity index (χ2v) is 6.65. The number of hydrogen-bond acceptors (Lipinski definition) is 3. The first-order valence-corrected chi connectivity index (χ1v) is 7.49. The van der Waals surface area contributed by atoms with Gasteiger partial charge in [-0.1, -0.05) is 23.2 Å². The van der Waals surface area contributed by atoms with Crippen LogP contribution in [0.2, 0.25) is 9.49 Å². The minimum Gasteiger partial charge on any atom is -0.227 e. The fourth-order valence-electron chi connectivity index (χ4n) is 1.63. The van der Waals surface area contributed by atoms with Gasteiger partial charge in [-0.05, 0) is 34.1 Å². The Morgan fingerprint density at radius 1 is 1.16 bits per heavy atom. The molecule has 0 unspecified atom stereocenters. The third kappa shape index (κ3) is 2.48. The molecule has 0 radical (unpaired) electrons. The molecule has 0 fully saturated rings. The maximum Gasteiger partial charge on any atom is 0.171 e. The molecule has 2 heterocycles. The first-order valence-electron chi connectivity index (χ1n) is 5.12. The second-order valence-electron chi connectivity index (χ2n) is 3.73. The number of fused-ring (bicyclic) bond motifs is 1. The predicted octanol–water partition coefficient (Wildman–Crippen LogP) is 5.57. The van der Waals surface area contributed by atoms with Gasteiger partial charge < -0.3 is 0 Å². The average molecular weight is 378 g/mol. The molecule has 1 aromatic carbocycles. The van der Waals surface area contributed by atoms with Crippen molar-refractivity contribution in [1.29, 1.82) is 0 Å². The molecule has 0 atom stereocenters. The third-order valence-corrected chi connectivity index (χ3v) is 4.61. The molecule has 0 saturated heterocycles. The van der Waals surface area contributed by atoms with Gasteiger partial charge in [-0.3, -0.25) is 0 Å². The highest BCUT2D eigenvalue weighted by atomic mass is 79.9. The van der Waals surface area contributed by atoms with Crippen LogP contribution in [0.15, 0.2) is 28.7 Å². The fraction of sp³-hybridized carbons (Fsp3) is 0. The highest BCUT2D eigenvalue weighted by Gasteiger charge is 2.12. The quantitative estimate of drug-likeness (QED) is 0.518. The maximum absolute atomic E-state index is 13.5. The number of rotatable bonds is 1. The number of hydrogen-bond donors (Lipinski definition) is 0. The summed E-state index contributed by atoms with van der Waals surface area (Å²) in [5.74, 6) is 0.0496. The number of halogens is 4. The van der Waals surface area contributed by atoms with Crippen LogP contribution in [0, 0.1) is 5.82 Å². The van der Waals surface area contributed by atoms with E-state index in [9.17, 15) is 4.39 Å². The van der Waals surface area contributed by atoms with E-state index in [1.165, 1.54) is 17.4 Å². The van der Waals surface area contributed by atoms with Gasteiger partial charge in [0.05, 0.1) is 19.2 Å². The van der Waals surface area contributed by atoms with E-state index in [1.54, 1.807) is 18.2 Å². The van der Waals surface area contributed by atoms with E-state index in [2.05, 4.69) is 25.9 Å². The molecule has 0 aliphatic heterocycles. The van der Waals surface area contributed by atoms with Crippen molar-refractivity contribution in [2.45, 2.75) is 0 Å². The molecule has 0 bridgehead atoms. The summed E-state index contributed by atoms with van der Waals surface area (Å²) >= 11 is 16.5. The molecule has 0 aliphatic carbocycles. The van der Waals surface area contributed by atoms with E-state index in [0.29, 0.717) is 25.5 Å². The molecule has 0 N–H and O–H groups in total. The minimum atomic E-state index is -0.391. The van der Waals surface area contributed by atoms with Crippen molar-refractivity contribution < 1.29 is 4.39 Å². The number of nitrogens with zero attached hydrogens (tertiary/aromatic N) is 2. The Hall–Kier alpha value is -0.750. The molecule has 2 aromatic heterocycles. The molecule has 0 saturated carbocycles. The number of thiophene rings is 1. The average Bonchev–Trinajstić information content (AvgIpc) is 2.78. The van der Waals surface area contributed by atoms with E-state index < -0.39 is 5.82 Å². The van der Waals surface area contributed by atoms with Crippen LogP contribution < -0.4 is 0 Å². The normalized spacial score (nSPS) is 11.2. The predicted molar refractivity (Wildman–Crippen MR) is 80.5 cm³/mol. The Bertz CT molecular complexity index is 791. The van der Waals surface area contributed by atoms with E-state index in [4.69, 9.17) is 23.2 Å². The topological polar surface area (TPSA) is 25.8 Å². The maximum atomic E-state index is 13.5. The fourth-order valence-corrected chi connectivity index (χ4v) is 3.18. The largest absolute Gasteiger partial charge is 0.227 e. The van der Waals surface area contributed by atoms with Gasteiger partial charge in [0, 0.05) is 11.5 Å². The van der Waals surface area contributed by atoms with Crippen molar-refractivity contribution in [2.75, 3.05) is 0 Å². The van der Waals surface area contributed by atoms with Crippen LogP contribution in [0.5, 0.6) is 0 Å². The monoisotopic (exact) mass is 376 g/mol. The summed E-state index contributed by atoms with van der Waals surface area (Å²) in [4.78, 5) is 9.32. The third-order valence-electron chi connectivity index (χ3n) is 2.48. The molecule has 0 amide bonds. The Kier molecular flexibility index (Phi) is 3.47. The van der Waals surface area contributed by atoms with E-state index in [1.807, 2.05) is 0 Å². The zero-order chi connectivity index (χ0) is 13.6. The first kappa shape index (κ1) is 13.2. The van der Waals surface area contributed by atoms with Crippen LogP contribution in [0.1, 0.15) is 0 Å². The second kappa shape index (κ2) is 4.98. The lowest BCUT2D eigenvalue weighted by molar-refractivity contribution is 0.623. The van der Waals surface area contributed by atoms with Gasteiger partial charge in [-0.2, -0.15) is 0 Å². The van der Waals surface area contributed by atoms with E-state index in [0.717, 1.165) is 4.88 Å². The molecule has 19 heavy (non-hydrogen) atoms. The molecule has 3 aromatic rings. The van der Waals surface area contributed by atoms with Crippen molar-refractivity contribution in [1.82, 2.24) is 9.97 Å². The van der Waals surface area contributed by atoms with Crippen molar-refractivity contribution in [3.05, 3.63) is 44.0 Å². The van der Waals surface area contributed by atoms with Crippen LogP contribution in [0.4, 0.5) is 4.39 Å². The first-order chi connectivity index (χ1) is 9.04. The SMILES string of the molecule is Fc1cc2nc(-c3ccc(Cl)s3)nc(Cl)c2cc1Br. The van der Waals surface area contributed by atoms with Crippen molar-refractivity contribution in [2.24, 2.45) is 0 Å². The van der Waals surface area contributed by atoms with Gasteiger partial charge in [0.1, 0.15) is 11.0 Å². The Morgan fingerprint density at radius 3 is 2.63 bits per heavy atom. The molecule has 96 valence electrons. The lowest BCUT2D eigenvalue weighted by atomic mass is 10.2. The Morgan fingerprint density at radius 2 is 1.95 bits per heavy atom. The summed E-state index contributed by atoms with van der Waals surface area (Å²) < 4.78 is 14.5. The van der Waals surface area contributed by atoms with Crippen LogP contribution in [0.3, 0.4) is 0 Å². The molecule has 2 nitrogen and oxygen atoms in total. The van der Waals surface area contributed by atoms with Crippen LogP contribution in [-0.2, 0) is 0 Å². The molecule has 0 aliphatic rings. The number of benzene rings is 1. The molecule has 0 spiro atoms. The van der Waals surface area contributed by atoms with Crippen molar-refractivity contribution in [3.63, 3.8) is 0 Å². The highest BCUT2D eigenvalue weighted by molar-refractivity contribution is 9.10. The lowest BCUT2D eigenvalue weighted by Crippen LogP contribution is -1.91. The van der Waals surface area contributed by atoms with Gasteiger partial charge in [0.25, 0.3) is 0 Å². The summed E-state index contributed by atoms with van der Waals surface area (Å²) in [7, 11) is 0. The zero-order valence-electron chi connectivity index (χ0n) is 9.12. The zero-order valence-corrected chi connectivity index (χ0v) is 13.0. The van der Waals surface area contributed by atoms with Crippen molar-refractivity contribution in [3.8, 4) is 10.7 Å². The standard InChI is InChI=1S/C12H4BrCl2FN2S/c13-6-3-5-8(4-7(6)16)17-12(18-11(5)15)9-1-2-10(14)19-9/h1-4H. The smallest absolute Gasteiger partial charge is 0.171 e. The van der Waals surface area contributed by atoms with Crippen molar-refractivity contribution >= 4 is 61.4 Å². The summed E-state index contributed by atoms with van der Waals surface area (Å²) in [5.41, 5.74) is 0.459. The molecular formula is C12H4BrCl2FN2S. The summed E-state index contributed by atoms with van der Waals surface area (Å²) in [6, 6.07) is 6.45. The minimum absolute atomic E-state index is 0.283. The Labute approximate surface area is 130 Å². The van der Waals surface area contributed by atoms with Gasteiger partial charge >= 0.3 is 0 Å². The summed E-state index contributed by atoms with van der Waals surface area (Å²) in [6.07, 6.45) is 0.